The summed E-state index contributed by atoms with van der Waals surface area (Å²) in [6, 6.07) is 4.89. The van der Waals surface area contributed by atoms with Gasteiger partial charge in [-0.1, -0.05) is 70.9 Å². The van der Waals surface area contributed by atoms with E-state index >= 15 is 0 Å². The smallest absolute Gasteiger partial charge is 0.320 e. The molecule has 65 heavy (non-hydrogen) atoms. The molecule has 7 atom stereocenters. The molecule has 25 heteroatoms. The van der Waals surface area contributed by atoms with Crippen LogP contribution in [-0.2, 0) is 46.4 Å². The quantitative estimate of drug-likeness (QED) is 0.0668. The number of H-pyrrole nitrogens is 1. The number of rotatable bonds is 22. The van der Waals surface area contributed by atoms with Gasteiger partial charge in [0.25, 0.3) is 0 Å². The minimum absolute atomic E-state index is 0.0718. The van der Waals surface area contributed by atoms with Crippen molar-refractivity contribution in [2.75, 3.05) is 25.1 Å². The van der Waals surface area contributed by atoms with Gasteiger partial charge in [0.2, 0.25) is 0 Å². The molecule has 24 nitrogen and oxygen atoms in total. The van der Waals surface area contributed by atoms with Crippen LogP contribution in [0, 0.1) is 11.8 Å². The van der Waals surface area contributed by atoms with Crippen LogP contribution in [0.4, 0.5) is 0 Å². The van der Waals surface area contributed by atoms with E-state index in [9.17, 15) is 33.6 Å². The molecule has 0 aliphatic heterocycles. The molecule has 1 aromatic heterocycles. The van der Waals surface area contributed by atoms with E-state index < -0.39 is 78.0 Å². The first-order valence-electron chi connectivity index (χ1n) is 20.2. The SMILES string of the molecule is CC(C)CC(N)C(=O)O.CCC(C)C(N)C(=O)O.CSCCC(N)C(=O)O.NC(Cc1c[nH]cn1)C(=O)O.NC(Cc1ccccc1)C(=O)O.NCC(=O)O.NCCCCC(N)C(=O)O. The van der Waals surface area contributed by atoms with Crippen molar-refractivity contribution in [1.29, 1.82) is 0 Å². The lowest BCUT2D eigenvalue weighted by molar-refractivity contribution is -0.140. The Balaban J connectivity index is -0.000000218. The fourth-order valence-corrected chi connectivity index (χ4v) is 4.27. The first-order chi connectivity index (χ1) is 30.2. The summed E-state index contributed by atoms with van der Waals surface area (Å²) in [7, 11) is 0. The monoisotopic (exact) mass is 953 g/mol. The third kappa shape index (κ3) is 48.1. The molecule has 0 radical (unpaired) electrons. The number of benzene rings is 1. The van der Waals surface area contributed by atoms with Gasteiger partial charge < -0.3 is 86.6 Å². The Bertz CT molecular complexity index is 1550. The summed E-state index contributed by atoms with van der Waals surface area (Å²) in [6.07, 6.45) is 9.77. The number of carboxylic acid groups (broad SMARTS) is 7. The zero-order chi connectivity index (χ0) is 51.7. The third-order valence-electron chi connectivity index (χ3n) is 7.91. The fourth-order valence-electron chi connectivity index (χ4n) is 3.78. The molecule has 0 bridgehead atoms. The second-order valence-corrected chi connectivity index (χ2v) is 15.2. The maximum absolute atomic E-state index is 10.4. The second kappa shape index (κ2) is 44.0. The number of thioether (sulfide) groups is 1. The van der Waals surface area contributed by atoms with Gasteiger partial charge in [-0.25, -0.2) is 4.98 Å². The number of carbonyl (C=O) groups is 7. The summed E-state index contributed by atoms with van der Waals surface area (Å²) in [4.78, 5) is 76.9. The number of carboxylic acids is 7. The normalized spacial score (nSPS) is 13.1. The average molecular weight is 953 g/mol. The van der Waals surface area contributed by atoms with E-state index in [0.717, 1.165) is 30.6 Å². The number of aliphatic carboxylic acids is 7. The Morgan fingerprint density at radius 2 is 1.09 bits per heavy atom. The Hall–Kier alpha value is -5.25. The Morgan fingerprint density at radius 3 is 1.40 bits per heavy atom. The standard InChI is InChI=1S/C9H11NO2.C6H9N3O2.C6H14N2O2.2C6H13NO2.C5H11NO2S.C2H5NO2/c10-8(9(11)12)6-7-4-2-1-3-5-7;7-5(6(10)11)1-4-2-8-3-9-4;7-4-2-1-3-5(8)6(9)10;1-4(2)3-5(7)6(8)9;1-3-4(2)5(7)6(8)9;1-9-3-2-4(6)5(7)8;3-1-2(4)5/h1-5,8H,6,10H2,(H,11,12);2-3,5H,1,7H2,(H,8,9)(H,10,11);5H,1-4,7-8H2,(H,9,10);2*4-5H,3,7H2,1-2H3,(H,8,9);4H,2-3,6H2,1H3,(H,7,8);1,3H2,(H,4,5). The molecule has 0 fully saturated rings. The van der Waals surface area contributed by atoms with Crippen molar-refractivity contribution < 1.29 is 69.3 Å². The Morgan fingerprint density at radius 1 is 0.646 bits per heavy atom. The number of hydrogen-bond donors (Lipinski definition) is 16. The number of nitrogens with one attached hydrogen (secondary N) is 1. The zero-order valence-electron chi connectivity index (χ0n) is 37.9. The molecule has 2 aromatic rings. The van der Waals surface area contributed by atoms with Gasteiger partial charge in [-0.05, 0) is 68.1 Å². The topological polar surface area (TPSA) is 498 Å². The van der Waals surface area contributed by atoms with Crippen molar-refractivity contribution in [3.63, 3.8) is 0 Å². The number of aromatic nitrogens is 2. The predicted octanol–water partition coefficient (Wildman–Crippen LogP) is -0.398. The van der Waals surface area contributed by atoms with Crippen LogP contribution in [-0.4, -0.2) is 149 Å². The number of aromatic amines is 1. The van der Waals surface area contributed by atoms with Crippen LogP contribution in [0.5, 0.6) is 0 Å². The van der Waals surface area contributed by atoms with Gasteiger partial charge in [0, 0.05) is 12.6 Å². The summed E-state index contributed by atoms with van der Waals surface area (Å²) in [5.74, 6) is -5.36. The van der Waals surface area contributed by atoms with Crippen molar-refractivity contribution in [1.82, 2.24) is 9.97 Å². The zero-order valence-corrected chi connectivity index (χ0v) is 38.7. The van der Waals surface area contributed by atoms with Crippen molar-refractivity contribution in [3.8, 4) is 0 Å². The first kappa shape index (κ1) is 68.8. The van der Waals surface area contributed by atoms with Gasteiger partial charge in [0.1, 0.15) is 36.3 Å². The fraction of sp³-hybridized carbons (Fsp3) is 0.600. The van der Waals surface area contributed by atoms with Gasteiger partial charge in [0.15, 0.2) is 0 Å². The molecule has 376 valence electrons. The number of nitrogens with zero attached hydrogens (tertiary/aromatic N) is 1. The van der Waals surface area contributed by atoms with Crippen molar-refractivity contribution in [2.24, 2.45) is 57.7 Å². The molecule has 7 unspecified atom stereocenters. The second-order valence-electron chi connectivity index (χ2n) is 14.2. The molecular formula is C40H76N10O14S. The van der Waals surface area contributed by atoms with Gasteiger partial charge in [-0.15, -0.1) is 0 Å². The highest BCUT2D eigenvalue weighted by Crippen LogP contribution is 2.05. The molecule has 2 rings (SSSR count). The molecule has 0 saturated carbocycles. The lowest BCUT2D eigenvalue weighted by atomic mass is 10.0. The van der Waals surface area contributed by atoms with E-state index in [-0.39, 0.29) is 18.9 Å². The van der Waals surface area contributed by atoms with E-state index in [1.165, 1.54) is 6.33 Å². The highest BCUT2D eigenvalue weighted by molar-refractivity contribution is 7.98. The number of imidazole rings is 1. The summed E-state index contributed by atoms with van der Waals surface area (Å²) in [5, 5.41) is 57.8. The van der Waals surface area contributed by atoms with Crippen molar-refractivity contribution >= 4 is 53.5 Å². The highest BCUT2D eigenvalue weighted by Gasteiger charge is 2.17. The Labute approximate surface area is 384 Å². The first-order valence-corrected chi connectivity index (χ1v) is 21.6. The molecule has 0 spiro atoms. The molecule has 24 N–H and O–H groups in total. The molecule has 0 saturated heterocycles. The lowest BCUT2D eigenvalue weighted by Gasteiger charge is -2.11. The van der Waals surface area contributed by atoms with Crippen molar-refractivity contribution in [2.45, 2.75) is 115 Å². The van der Waals surface area contributed by atoms with Crippen LogP contribution >= 0.6 is 11.8 Å². The summed E-state index contributed by atoms with van der Waals surface area (Å²) in [6.45, 7) is 7.98. The number of hydrogen-bond acceptors (Lipinski definition) is 17. The third-order valence-corrected chi connectivity index (χ3v) is 8.56. The van der Waals surface area contributed by atoms with Crippen molar-refractivity contribution in [3.05, 3.63) is 54.1 Å². The molecule has 0 amide bonds. The van der Waals surface area contributed by atoms with E-state index in [4.69, 9.17) is 75.9 Å². The van der Waals surface area contributed by atoms with Gasteiger partial charge in [-0.3, -0.25) is 33.6 Å². The van der Waals surface area contributed by atoms with Crippen LogP contribution in [0.15, 0.2) is 42.9 Å². The Kier molecular flexibility index (Phi) is 46.5. The predicted molar refractivity (Wildman–Crippen MR) is 248 cm³/mol. The minimum atomic E-state index is -1.01. The molecule has 0 aliphatic carbocycles. The molecular weight excluding hydrogens is 877 g/mol. The summed E-state index contributed by atoms with van der Waals surface area (Å²) < 4.78 is 0. The van der Waals surface area contributed by atoms with E-state index in [0.29, 0.717) is 43.8 Å². The van der Waals surface area contributed by atoms with E-state index in [1.54, 1.807) is 18.0 Å². The summed E-state index contributed by atoms with van der Waals surface area (Å²) in [5.41, 5.74) is 42.9. The molecule has 1 aromatic carbocycles. The number of nitrogens with two attached hydrogens (primary N) is 8. The maximum atomic E-state index is 10.4. The number of unbranched alkanes of at least 4 members (excludes halogenated alkanes) is 1. The molecule has 1 heterocycles. The van der Waals surface area contributed by atoms with Crippen LogP contribution in [0.1, 0.15) is 77.5 Å². The van der Waals surface area contributed by atoms with Crippen LogP contribution in [0.25, 0.3) is 0 Å². The highest BCUT2D eigenvalue weighted by atomic mass is 32.2. The minimum Gasteiger partial charge on any atom is -0.480 e. The lowest BCUT2D eigenvalue weighted by Crippen LogP contribution is -2.36. The van der Waals surface area contributed by atoms with Crippen LogP contribution in [0.2, 0.25) is 0 Å². The van der Waals surface area contributed by atoms with Crippen LogP contribution in [0.3, 0.4) is 0 Å². The molecule has 0 aliphatic rings. The van der Waals surface area contributed by atoms with E-state index in [1.807, 2.05) is 64.3 Å². The van der Waals surface area contributed by atoms with Gasteiger partial charge >= 0.3 is 41.8 Å². The average Bonchev–Trinajstić information content (AvgIpc) is 3.76. The van der Waals surface area contributed by atoms with Crippen LogP contribution < -0.4 is 45.9 Å². The van der Waals surface area contributed by atoms with Gasteiger partial charge in [0.05, 0.1) is 18.6 Å². The van der Waals surface area contributed by atoms with E-state index in [2.05, 4.69) is 15.7 Å². The largest absolute Gasteiger partial charge is 0.480 e. The maximum Gasteiger partial charge on any atom is 0.320 e. The summed E-state index contributed by atoms with van der Waals surface area (Å²) >= 11 is 1.60. The van der Waals surface area contributed by atoms with Gasteiger partial charge in [-0.2, -0.15) is 11.8 Å².